The van der Waals surface area contributed by atoms with E-state index >= 15 is 0 Å². The lowest BCUT2D eigenvalue weighted by molar-refractivity contribution is 0.865. The van der Waals surface area contributed by atoms with Crippen LogP contribution in [0.1, 0.15) is 18.1 Å². The highest BCUT2D eigenvalue weighted by Crippen LogP contribution is 2.38. The van der Waals surface area contributed by atoms with Crippen molar-refractivity contribution in [1.82, 2.24) is 9.78 Å². The van der Waals surface area contributed by atoms with Gasteiger partial charge in [-0.1, -0.05) is 43.3 Å². The number of rotatable bonds is 4. The van der Waals surface area contributed by atoms with Crippen LogP contribution in [0.25, 0.3) is 16.9 Å². The average molecular weight is 335 g/mol. The van der Waals surface area contributed by atoms with Crippen molar-refractivity contribution in [2.45, 2.75) is 24.7 Å². The van der Waals surface area contributed by atoms with Crippen LogP contribution in [0.15, 0.2) is 53.4 Å². The maximum Gasteiger partial charge on any atom is 0.133 e. The Labute approximate surface area is 147 Å². The summed E-state index contributed by atoms with van der Waals surface area (Å²) in [6.07, 6.45) is 4.16. The molecule has 0 bridgehead atoms. The number of thioether (sulfide) groups is 1. The third-order valence-electron chi connectivity index (χ3n) is 4.61. The highest BCUT2D eigenvalue weighted by Gasteiger charge is 2.25. The summed E-state index contributed by atoms with van der Waals surface area (Å²) in [6.45, 7) is 3.18. The van der Waals surface area contributed by atoms with E-state index in [0.717, 1.165) is 30.9 Å². The van der Waals surface area contributed by atoms with Crippen LogP contribution in [0.4, 0.5) is 5.82 Å². The zero-order chi connectivity index (χ0) is 16.5. The second-order valence-corrected chi connectivity index (χ2v) is 6.79. The first-order valence-electron chi connectivity index (χ1n) is 8.41. The lowest BCUT2D eigenvalue weighted by Crippen LogP contribution is -2.06. The van der Waals surface area contributed by atoms with E-state index in [1.54, 1.807) is 11.8 Å². The van der Waals surface area contributed by atoms with Crippen molar-refractivity contribution in [3.8, 4) is 16.9 Å². The topological polar surface area (TPSA) is 29.9 Å². The number of benzene rings is 2. The van der Waals surface area contributed by atoms with Gasteiger partial charge >= 0.3 is 0 Å². The maximum absolute atomic E-state index is 5.03. The number of nitrogens with zero attached hydrogens (tertiary/aromatic N) is 2. The van der Waals surface area contributed by atoms with Crippen LogP contribution in [0, 0.1) is 0 Å². The molecule has 0 radical (unpaired) electrons. The van der Waals surface area contributed by atoms with Gasteiger partial charge in [-0.25, -0.2) is 4.68 Å². The molecular formula is C20H21N3S. The third-order valence-corrected chi connectivity index (χ3v) is 5.41. The normalized spacial score (nSPS) is 12.9. The molecule has 0 aliphatic carbocycles. The van der Waals surface area contributed by atoms with Gasteiger partial charge in [0.1, 0.15) is 5.82 Å². The van der Waals surface area contributed by atoms with Gasteiger partial charge in [-0.2, -0.15) is 5.10 Å². The Morgan fingerprint density at radius 3 is 2.75 bits per heavy atom. The van der Waals surface area contributed by atoms with E-state index in [-0.39, 0.29) is 0 Å². The minimum Gasteiger partial charge on any atom is -0.369 e. The number of aromatic nitrogens is 2. The van der Waals surface area contributed by atoms with E-state index < -0.39 is 0 Å². The molecule has 0 spiro atoms. The lowest BCUT2D eigenvalue weighted by atomic mass is 10.1. The zero-order valence-corrected chi connectivity index (χ0v) is 14.9. The smallest absolute Gasteiger partial charge is 0.133 e. The van der Waals surface area contributed by atoms with Gasteiger partial charge in [-0.3, -0.25) is 0 Å². The Kier molecular flexibility index (Phi) is 4.07. The molecule has 2 aromatic carbocycles. The summed E-state index contributed by atoms with van der Waals surface area (Å²) in [5.41, 5.74) is 6.19. The van der Waals surface area contributed by atoms with Crippen LogP contribution < -0.4 is 5.32 Å². The number of nitrogens with one attached hydrogen (secondary N) is 1. The Balaban J connectivity index is 1.93. The first-order valence-corrected chi connectivity index (χ1v) is 9.63. The SMILES string of the molecule is CCc1ccccc1-n1nc(-c2ccccc2SC)c2c1NCC2. The van der Waals surface area contributed by atoms with Gasteiger partial charge in [-0.15, -0.1) is 11.8 Å². The summed E-state index contributed by atoms with van der Waals surface area (Å²) in [4.78, 5) is 1.28. The van der Waals surface area contributed by atoms with E-state index in [1.807, 2.05) is 0 Å². The molecule has 2 heterocycles. The largest absolute Gasteiger partial charge is 0.369 e. The molecule has 0 saturated carbocycles. The highest BCUT2D eigenvalue weighted by molar-refractivity contribution is 7.98. The minimum atomic E-state index is 0.982. The molecule has 4 rings (SSSR count). The number of hydrogen-bond donors (Lipinski definition) is 1. The molecule has 3 nitrogen and oxygen atoms in total. The number of hydrogen-bond acceptors (Lipinski definition) is 3. The monoisotopic (exact) mass is 335 g/mol. The fraction of sp³-hybridized carbons (Fsp3) is 0.250. The van der Waals surface area contributed by atoms with Crippen LogP contribution in [-0.4, -0.2) is 22.6 Å². The second-order valence-electron chi connectivity index (χ2n) is 5.95. The van der Waals surface area contributed by atoms with E-state index in [0.29, 0.717) is 0 Å². The van der Waals surface area contributed by atoms with Gasteiger partial charge in [0.25, 0.3) is 0 Å². The van der Waals surface area contributed by atoms with E-state index in [9.17, 15) is 0 Å². The Morgan fingerprint density at radius 2 is 1.92 bits per heavy atom. The molecule has 0 atom stereocenters. The van der Waals surface area contributed by atoms with E-state index in [1.165, 1.54) is 27.3 Å². The third kappa shape index (κ3) is 2.42. The van der Waals surface area contributed by atoms with Crippen molar-refractivity contribution in [2.24, 2.45) is 0 Å². The number of aryl methyl sites for hydroxylation is 1. The lowest BCUT2D eigenvalue weighted by Gasteiger charge is -2.11. The molecule has 1 aliphatic rings. The van der Waals surface area contributed by atoms with Gasteiger partial charge < -0.3 is 5.32 Å². The first-order chi connectivity index (χ1) is 11.8. The van der Waals surface area contributed by atoms with Crippen molar-refractivity contribution in [3.63, 3.8) is 0 Å². The van der Waals surface area contributed by atoms with Crippen molar-refractivity contribution in [3.05, 3.63) is 59.7 Å². The van der Waals surface area contributed by atoms with Crippen LogP contribution >= 0.6 is 11.8 Å². The Bertz CT molecular complexity index is 812. The average Bonchev–Trinajstić information content (AvgIpc) is 3.24. The van der Waals surface area contributed by atoms with Crippen LogP contribution in [0.2, 0.25) is 0 Å². The summed E-state index contributed by atoms with van der Waals surface area (Å²) in [6, 6.07) is 17.1. The standard InChI is InChI=1S/C20H21N3S/c1-3-14-8-4-6-10-17(14)23-20-16(12-13-21-20)19(22-23)15-9-5-7-11-18(15)24-2/h4-11,21H,3,12-13H2,1-2H3. The van der Waals surface area contributed by atoms with Crippen molar-refractivity contribution >= 4 is 17.6 Å². The summed E-state index contributed by atoms with van der Waals surface area (Å²) in [7, 11) is 0. The molecule has 0 unspecified atom stereocenters. The molecule has 122 valence electrons. The maximum atomic E-state index is 5.03. The summed E-state index contributed by atoms with van der Waals surface area (Å²) in [5, 5.41) is 8.57. The molecule has 0 saturated heterocycles. The number of para-hydroxylation sites is 1. The minimum absolute atomic E-state index is 0.982. The molecule has 0 amide bonds. The molecule has 1 aliphatic heterocycles. The predicted molar refractivity (Wildman–Crippen MR) is 102 cm³/mol. The number of anilines is 1. The van der Waals surface area contributed by atoms with Gasteiger partial charge in [-0.05, 0) is 36.8 Å². The molecule has 4 heteroatoms. The second kappa shape index (κ2) is 6.36. The molecule has 0 fully saturated rings. The molecular weight excluding hydrogens is 314 g/mol. The Hall–Kier alpha value is -2.20. The van der Waals surface area contributed by atoms with Crippen molar-refractivity contribution < 1.29 is 0 Å². The molecule has 3 aromatic rings. The predicted octanol–water partition coefficient (Wildman–Crippen LogP) is 4.79. The van der Waals surface area contributed by atoms with Gasteiger partial charge in [0.2, 0.25) is 0 Å². The van der Waals surface area contributed by atoms with Crippen LogP contribution in [0.5, 0.6) is 0 Å². The zero-order valence-electron chi connectivity index (χ0n) is 14.0. The first kappa shape index (κ1) is 15.3. The fourth-order valence-corrected chi connectivity index (χ4v) is 4.02. The molecule has 1 aromatic heterocycles. The molecule has 24 heavy (non-hydrogen) atoms. The number of fused-ring (bicyclic) bond motifs is 1. The highest BCUT2D eigenvalue weighted by atomic mass is 32.2. The van der Waals surface area contributed by atoms with Crippen LogP contribution in [-0.2, 0) is 12.8 Å². The fourth-order valence-electron chi connectivity index (χ4n) is 3.42. The summed E-state index contributed by atoms with van der Waals surface area (Å²) in [5.74, 6) is 1.15. The van der Waals surface area contributed by atoms with E-state index in [4.69, 9.17) is 5.10 Å². The van der Waals surface area contributed by atoms with Crippen molar-refractivity contribution in [2.75, 3.05) is 18.1 Å². The van der Waals surface area contributed by atoms with Gasteiger partial charge in [0.05, 0.1) is 11.4 Å². The van der Waals surface area contributed by atoms with Gasteiger partial charge in [0, 0.05) is 22.6 Å². The summed E-state index contributed by atoms with van der Waals surface area (Å²) >= 11 is 1.78. The van der Waals surface area contributed by atoms with E-state index in [2.05, 4.69) is 71.7 Å². The van der Waals surface area contributed by atoms with Crippen molar-refractivity contribution in [1.29, 1.82) is 0 Å². The quantitative estimate of drug-likeness (QED) is 0.695. The van der Waals surface area contributed by atoms with Gasteiger partial charge in [0.15, 0.2) is 0 Å². The Morgan fingerprint density at radius 1 is 1.12 bits per heavy atom. The summed E-state index contributed by atoms with van der Waals surface area (Å²) < 4.78 is 2.10. The molecule has 1 N–H and O–H groups in total. The van der Waals surface area contributed by atoms with Crippen LogP contribution in [0.3, 0.4) is 0 Å².